The first-order valence-electron chi connectivity index (χ1n) is 0.879. The zero-order valence-corrected chi connectivity index (χ0v) is 4.05. The molecule has 0 aromatic rings. The van der Waals surface area contributed by atoms with Crippen LogP contribution in [0.15, 0.2) is 0 Å². The normalized spacial score (nSPS) is 6.17. The van der Waals surface area contributed by atoms with Crippen molar-refractivity contribution in [2.45, 2.75) is 0 Å². The summed E-state index contributed by atoms with van der Waals surface area (Å²) in [7, 11) is 0.713. The van der Waals surface area contributed by atoms with Crippen molar-refractivity contribution >= 4 is 57.3 Å². The zero-order valence-electron chi connectivity index (χ0n) is 2.34. The third kappa shape index (κ3) is 8.95. The Morgan fingerprint density at radius 1 is 1.83 bits per heavy atom. The minimum absolute atomic E-state index is 0. The van der Waals surface area contributed by atoms with E-state index in [-0.39, 0.29) is 29.6 Å². The van der Waals surface area contributed by atoms with Crippen molar-refractivity contribution in [2.24, 2.45) is 5.73 Å². The fraction of sp³-hybridized carbons (Fsp3) is 0. The van der Waals surface area contributed by atoms with E-state index < -0.39 is 5.24 Å². The molecule has 1 amide bonds. The summed E-state index contributed by atoms with van der Waals surface area (Å²) in [6.45, 7) is 0. The van der Waals surface area contributed by atoms with Crippen LogP contribution < -0.4 is 5.73 Å². The number of thiol groups is 1. The first-order valence-corrected chi connectivity index (χ1v) is 2.75. The van der Waals surface area contributed by atoms with Gasteiger partial charge in [0.1, 0.15) is 0 Å². The fourth-order valence-electron chi connectivity index (χ4n) is 0. The predicted octanol–water partition coefficient (Wildman–Crippen LogP) is -0.00540. The number of hydrogen-bond acceptors (Lipinski definition) is 3. The van der Waals surface area contributed by atoms with Gasteiger partial charge in [-0.05, 0) is 0 Å². The third-order valence-corrected chi connectivity index (χ3v) is 0.810. The third-order valence-electron chi connectivity index (χ3n) is 0.0900. The molecule has 0 aliphatic heterocycles. The van der Waals surface area contributed by atoms with Crippen molar-refractivity contribution < 1.29 is 4.79 Å². The van der Waals surface area contributed by atoms with Gasteiger partial charge in [-0.1, -0.05) is 0 Å². The van der Waals surface area contributed by atoms with Crippen LogP contribution in [-0.2, 0) is 0 Å². The quantitative estimate of drug-likeness (QED) is 0.277. The summed E-state index contributed by atoms with van der Waals surface area (Å²) in [5, 5.41) is -0.465. The summed E-state index contributed by atoms with van der Waals surface area (Å²) < 4.78 is 0. The molecule has 0 radical (unpaired) electrons. The summed E-state index contributed by atoms with van der Waals surface area (Å²) in [4.78, 5) is 9.48. The number of primary amides is 1. The van der Waals surface area contributed by atoms with Gasteiger partial charge < -0.3 is 5.73 Å². The second kappa shape index (κ2) is 6.17. The van der Waals surface area contributed by atoms with Crippen LogP contribution in [0.1, 0.15) is 0 Å². The average molecular weight is 133 g/mol. The maximum absolute atomic E-state index is 9.48. The van der Waals surface area contributed by atoms with Gasteiger partial charge in [0.15, 0.2) is 0 Å². The Morgan fingerprint density at radius 3 is 2.00 bits per heavy atom. The van der Waals surface area contributed by atoms with Gasteiger partial charge >= 0.3 is 29.6 Å². The molecule has 0 rings (SSSR count). The molecule has 0 aliphatic rings. The molecule has 0 aromatic heterocycles. The van der Waals surface area contributed by atoms with E-state index >= 15 is 0 Å². The van der Waals surface area contributed by atoms with E-state index in [9.17, 15) is 4.79 Å². The van der Waals surface area contributed by atoms with Crippen molar-refractivity contribution in [2.75, 3.05) is 0 Å². The van der Waals surface area contributed by atoms with Crippen LogP contribution >= 0.6 is 22.5 Å². The fourth-order valence-corrected chi connectivity index (χ4v) is 0. The molecule has 2 N–H and O–H groups in total. The van der Waals surface area contributed by atoms with Gasteiger partial charge in [-0.2, -0.15) is 0 Å². The first kappa shape index (κ1) is 10.2. The van der Waals surface area contributed by atoms with Gasteiger partial charge in [-0.15, -0.1) is 11.7 Å². The van der Waals surface area contributed by atoms with Crippen molar-refractivity contribution in [3.05, 3.63) is 0 Å². The van der Waals surface area contributed by atoms with Crippen LogP contribution in [-0.4, -0.2) is 34.8 Å². The van der Waals surface area contributed by atoms with E-state index in [1.807, 2.05) is 0 Å². The Morgan fingerprint density at radius 2 is 2.00 bits per heavy atom. The monoisotopic (exact) mass is 133 g/mol. The topological polar surface area (TPSA) is 43.1 Å². The molecule has 0 fully saturated rings. The maximum atomic E-state index is 9.48. The van der Waals surface area contributed by atoms with Crippen LogP contribution in [0, 0.1) is 0 Å². The molecule has 0 saturated heterocycles. The molecule has 0 aromatic carbocycles. The summed E-state index contributed by atoms with van der Waals surface area (Å²) in [5.41, 5.74) is 4.54. The van der Waals surface area contributed by atoms with E-state index in [0.29, 0.717) is 10.8 Å². The second-order valence-corrected chi connectivity index (χ2v) is 1.54. The van der Waals surface area contributed by atoms with Crippen LogP contribution in [0.2, 0.25) is 0 Å². The Hall–Kier alpha value is 1.17. The van der Waals surface area contributed by atoms with Gasteiger partial charge in [0.05, 0.1) is 0 Å². The van der Waals surface area contributed by atoms with E-state index in [2.05, 4.69) is 17.4 Å². The molecule has 0 unspecified atom stereocenters. The Labute approximate surface area is 67.3 Å². The molecular formula is CH4NNaOS2. The molecule has 6 heavy (non-hydrogen) atoms. The Kier molecular flexibility index (Phi) is 10.5. The number of rotatable bonds is 0. The van der Waals surface area contributed by atoms with Gasteiger partial charge in [0, 0.05) is 10.8 Å². The van der Waals surface area contributed by atoms with Gasteiger partial charge in [0.2, 0.25) is 0 Å². The van der Waals surface area contributed by atoms with Crippen molar-refractivity contribution in [1.29, 1.82) is 0 Å². The summed E-state index contributed by atoms with van der Waals surface area (Å²) >= 11 is 3.46. The zero-order chi connectivity index (χ0) is 4.28. The van der Waals surface area contributed by atoms with Gasteiger partial charge in [-0.3, -0.25) is 4.79 Å². The number of amides is 1. The summed E-state index contributed by atoms with van der Waals surface area (Å²) in [6.07, 6.45) is 0. The van der Waals surface area contributed by atoms with Crippen molar-refractivity contribution in [1.82, 2.24) is 0 Å². The number of carbonyl (C=O) groups excluding carboxylic acids is 1. The molecule has 0 spiro atoms. The predicted molar refractivity (Wildman–Crippen MR) is 33.3 cm³/mol. The van der Waals surface area contributed by atoms with Gasteiger partial charge in [-0.25, -0.2) is 0 Å². The first-order chi connectivity index (χ1) is 2.27. The molecule has 2 nitrogen and oxygen atoms in total. The number of hydrogen-bond donors (Lipinski definition) is 2. The SMILES string of the molecule is NC(=O)SS.[NaH]. The second-order valence-electron chi connectivity index (χ2n) is 0.410. The molecule has 32 valence electrons. The molecule has 0 saturated carbocycles. The van der Waals surface area contributed by atoms with Crippen molar-refractivity contribution in [3.8, 4) is 0 Å². The van der Waals surface area contributed by atoms with E-state index in [1.165, 1.54) is 0 Å². The molecule has 5 heteroatoms. The number of carbonyl (C=O) groups is 1. The average Bonchev–Trinajstić information content (AvgIpc) is 1.38. The number of nitrogens with two attached hydrogens (primary N) is 1. The van der Waals surface area contributed by atoms with Crippen LogP contribution in [0.4, 0.5) is 4.79 Å². The van der Waals surface area contributed by atoms with Crippen LogP contribution in [0.5, 0.6) is 0 Å². The van der Waals surface area contributed by atoms with Crippen molar-refractivity contribution in [3.63, 3.8) is 0 Å². The van der Waals surface area contributed by atoms with Gasteiger partial charge in [0.25, 0.3) is 5.24 Å². The molecule has 0 aliphatic carbocycles. The van der Waals surface area contributed by atoms with E-state index in [4.69, 9.17) is 0 Å². The Bertz CT molecular complexity index is 48.8. The molecular weight excluding hydrogens is 129 g/mol. The molecule has 0 atom stereocenters. The van der Waals surface area contributed by atoms with E-state index in [0.717, 1.165) is 0 Å². The summed E-state index contributed by atoms with van der Waals surface area (Å²) in [5.74, 6) is 0. The summed E-state index contributed by atoms with van der Waals surface area (Å²) in [6, 6.07) is 0. The molecule has 0 heterocycles. The van der Waals surface area contributed by atoms with E-state index in [1.54, 1.807) is 0 Å². The standard InChI is InChI=1S/CH3NOS2.Na.H/c2-1(3)5-4;;/h4H,(H2,2,3);;. The molecule has 0 bridgehead atoms. The Balaban J connectivity index is 0. The minimum atomic E-state index is -0.465. The van der Waals surface area contributed by atoms with Crippen LogP contribution in [0.25, 0.3) is 0 Å². The van der Waals surface area contributed by atoms with Crippen LogP contribution in [0.3, 0.4) is 0 Å².